The number of halogens is 2. The molecule has 5 heteroatoms. The Bertz CT molecular complexity index is 478. The summed E-state index contributed by atoms with van der Waals surface area (Å²) in [6, 6.07) is 3.69. The van der Waals surface area contributed by atoms with Crippen molar-refractivity contribution in [3.63, 3.8) is 0 Å². The third-order valence-corrected chi connectivity index (χ3v) is 3.66. The first kappa shape index (κ1) is 12.6. The number of benzene rings is 1. The molecule has 1 N–H and O–H groups in total. The van der Waals surface area contributed by atoms with Crippen LogP contribution in [0.1, 0.15) is 29.9 Å². The van der Waals surface area contributed by atoms with Gasteiger partial charge in [0, 0.05) is 15.9 Å². The van der Waals surface area contributed by atoms with E-state index in [4.69, 9.17) is 11.6 Å². The average Bonchev–Trinajstić information content (AvgIpc) is 2.19. The van der Waals surface area contributed by atoms with Gasteiger partial charge in [0.15, 0.2) is 0 Å². The van der Waals surface area contributed by atoms with Crippen molar-refractivity contribution in [2.45, 2.75) is 25.7 Å². The molecule has 0 aliphatic carbocycles. The monoisotopic (exact) mass is 315 g/mol. The standard InChI is InChI=1S/C12H11BrClNO2/c1-6-4-7(13)5-9(14)11(6)8-2-3-10(16)15-12(8)17/h4-5,8H,2-3H2,1H3,(H,15,16,17). The molecule has 1 aromatic rings. The van der Waals surface area contributed by atoms with E-state index >= 15 is 0 Å². The SMILES string of the molecule is Cc1cc(Br)cc(Cl)c1C1CCC(=O)NC1=O. The summed E-state index contributed by atoms with van der Waals surface area (Å²) in [6.07, 6.45) is 0.884. The molecule has 1 saturated heterocycles. The number of carbonyl (C=O) groups excluding carboxylic acids is 2. The van der Waals surface area contributed by atoms with Crippen LogP contribution in [0.25, 0.3) is 0 Å². The Labute approximate surface area is 113 Å². The van der Waals surface area contributed by atoms with Crippen molar-refractivity contribution in [2.75, 3.05) is 0 Å². The highest BCUT2D eigenvalue weighted by molar-refractivity contribution is 9.10. The molecule has 1 aliphatic heterocycles. The molecule has 1 aromatic carbocycles. The molecule has 0 aromatic heterocycles. The Morgan fingerprint density at radius 1 is 1.41 bits per heavy atom. The summed E-state index contributed by atoms with van der Waals surface area (Å²) >= 11 is 9.53. The first-order chi connectivity index (χ1) is 7.99. The highest BCUT2D eigenvalue weighted by Gasteiger charge is 2.30. The largest absolute Gasteiger partial charge is 0.296 e. The molecular formula is C12H11BrClNO2. The number of piperidine rings is 1. The zero-order valence-corrected chi connectivity index (χ0v) is 11.6. The van der Waals surface area contributed by atoms with Gasteiger partial charge in [-0.2, -0.15) is 0 Å². The van der Waals surface area contributed by atoms with E-state index in [1.165, 1.54) is 0 Å². The number of imide groups is 1. The lowest BCUT2D eigenvalue weighted by Crippen LogP contribution is -2.39. The van der Waals surface area contributed by atoms with Gasteiger partial charge in [-0.1, -0.05) is 27.5 Å². The fourth-order valence-corrected chi connectivity index (χ4v) is 3.23. The maximum Gasteiger partial charge on any atom is 0.234 e. The van der Waals surface area contributed by atoms with Crippen LogP contribution < -0.4 is 5.32 Å². The second kappa shape index (κ2) is 4.78. The van der Waals surface area contributed by atoms with Gasteiger partial charge in [-0.05, 0) is 36.6 Å². The Morgan fingerprint density at radius 2 is 2.12 bits per heavy atom. The molecule has 90 valence electrons. The predicted molar refractivity (Wildman–Crippen MR) is 69.0 cm³/mol. The van der Waals surface area contributed by atoms with E-state index in [2.05, 4.69) is 21.2 Å². The van der Waals surface area contributed by atoms with Crippen LogP contribution in [0.3, 0.4) is 0 Å². The highest BCUT2D eigenvalue weighted by Crippen LogP contribution is 2.35. The molecule has 0 bridgehead atoms. The smallest absolute Gasteiger partial charge is 0.234 e. The minimum atomic E-state index is -0.326. The number of amides is 2. The van der Waals surface area contributed by atoms with Crippen molar-refractivity contribution in [1.29, 1.82) is 0 Å². The minimum Gasteiger partial charge on any atom is -0.296 e. The van der Waals surface area contributed by atoms with Crippen molar-refractivity contribution in [3.05, 3.63) is 32.8 Å². The first-order valence-corrected chi connectivity index (χ1v) is 6.45. The van der Waals surface area contributed by atoms with Gasteiger partial charge in [0.25, 0.3) is 0 Å². The van der Waals surface area contributed by atoms with Gasteiger partial charge < -0.3 is 0 Å². The van der Waals surface area contributed by atoms with Crippen LogP contribution >= 0.6 is 27.5 Å². The fourth-order valence-electron chi connectivity index (χ4n) is 2.12. The molecule has 2 amide bonds. The third kappa shape index (κ3) is 2.53. The van der Waals surface area contributed by atoms with Crippen LogP contribution in [0.5, 0.6) is 0 Å². The molecule has 3 nitrogen and oxygen atoms in total. The van der Waals surface area contributed by atoms with Crippen molar-refractivity contribution >= 4 is 39.3 Å². The Balaban J connectivity index is 2.40. The third-order valence-electron chi connectivity index (χ3n) is 2.89. The summed E-state index contributed by atoms with van der Waals surface area (Å²) in [5.74, 6) is -0.793. The zero-order chi connectivity index (χ0) is 12.6. The Kier molecular flexibility index (Phi) is 3.54. The van der Waals surface area contributed by atoms with Gasteiger partial charge in [0.1, 0.15) is 0 Å². The molecule has 1 atom stereocenters. The summed E-state index contributed by atoms with van der Waals surface area (Å²) in [4.78, 5) is 22.9. The van der Waals surface area contributed by atoms with E-state index < -0.39 is 0 Å². The quantitative estimate of drug-likeness (QED) is 0.810. The number of hydrogen-bond donors (Lipinski definition) is 1. The van der Waals surface area contributed by atoms with E-state index in [1.54, 1.807) is 6.07 Å². The van der Waals surface area contributed by atoms with Crippen molar-refractivity contribution in [3.8, 4) is 0 Å². The molecule has 1 fully saturated rings. The first-order valence-electron chi connectivity index (χ1n) is 5.28. The average molecular weight is 317 g/mol. The summed E-state index contributed by atoms with van der Waals surface area (Å²) in [7, 11) is 0. The second-order valence-corrected chi connectivity index (χ2v) is 5.44. The molecule has 1 heterocycles. The molecule has 0 spiro atoms. The molecule has 1 aliphatic rings. The molecule has 17 heavy (non-hydrogen) atoms. The minimum absolute atomic E-state index is 0.211. The van der Waals surface area contributed by atoms with Crippen molar-refractivity contribution in [2.24, 2.45) is 0 Å². The van der Waals surface area contributed by atoms with Crippen LogP contribution in [0, 0.1) is 6.92 Å². The van der Waals surface area contributed by atoms with Crippen LogP contribution in [0.2, 0.25) is 5.02 Å². The van der Waals surface area contributed by atoms with Crippen LogP contribution in [0.4, 0.5) is 0 Å². The second-order valence-electron chi connectivity index (χ2n) is 4.12. The van der Waals surface area contributed by atoms with E-state index in [1.807, 2.05) is 13.0 Å². The van der Waals surface area contributed by atoms with E-state index in [-0.39, 0.29) is 17.7 Å². The zero-order valence-electron chi connectivity index (χ0n) is 9.22. The van der Waals surface area contributed by atoms with Crippen LogP contribution in [-0.4, -0.2) is 11.8 Å². The Morgan fingerprint density at radius 3 is 2.71 bits per heavy atom. The number of hydrogen-bond acceptors (Lipinski definition) is 2. The predicted octanol–water partition coefficient (Wildman–Crippen LogP) is 2.93. The van der Waals surface area contributed by atoms with Crippen molar-refractivity contribution < 1.29 is 9.59 Å². The molecule has 2 rings (SSSR count). The van der Waals surface area contributed by atoms with E-state index in [9.17, 15) is 9.59 Å². The van der Waals surface area contributed by atoms with Crippen LogP contribution in [0.15, 0.2) is 16.6 Å². The number of rotatable bonds is 1. The van der Waals surface area contributed by atoms with Gasteiger partial charge in [-0.3, -0.25) is 14.9 Å². The molecule has 0 radical (unpaired) electrons. The van der Waals surface area contributed by atoms with Crippen molar-refractivity contribution in [1.82, 2.24) is 5.32 Å². The maximum atomic E-state index is 11.8. The van der Waals surface area contributed by atoms with Gasteiger partial charge >= 0.3 is 0 Å². The van der Waals surface area contributed by atoms with Gasteiger partial charge in [0.2, 0.25) is 11.8 Å². The lowest BCUT2D eigenvalue weighted by Gasteiger charge is -2.23. The van der Waals surface area contributed by atoms with E-state index in [0.29, 0.717) is 17.9 Å². The number of aryl methyl sites for hydroxylation is 1. The normalized spacial score (nSPS) is 20.3. The van der Waals surface area contributed by atoms with Crippen LogP contribution in [-0.2, 0) is 9.59 Å². The topological polar surface area (TPSA) is 46.2 Å². The molecular weight excluding hydrogens is 305 g/mol. The lowest BCUT2D eigenvalue weighted by molar-refractivity contribution is -0.134. The summed E-state index contributed by atoms with van der Waals surface area (Å²) < 4.78 is 0.885. The van der Waals surface area contributed by atoms with E-state index in [0.717, 1.165) is 15.6 Å². The lowest BCUT2D eigenvalue weighted by atomic mass is 9.88. The van der Waals surface area contributed by atoms with Gasteiger partial charge in [-0.15, -0.1) is 0 Å². The van der Waals surface area contributed by atoms with Gasteiger partial charge in [0.05, 0.1) is 5.92 Å². The number of nitrogens with one attached hydrogen (secondary N) is 1. The Hall–Kier alpha value is -0.870. The summed E-state index contributed by atoms with van der Waals surface area (Å²) in [5, 5.41) is 2.91. The van der Waals surface area contributed by atoms with Gasteiger partial charge in [-0.25, -0.2) is 0 Å². The molecule has 1 unspecified atom stereocenters. The highest BCUT2D eigenvalue weighted by atomic mass is 79.9. The summed E-state index contributed by atoms with van der Waals surface area (Å²) in [6.45, 7) is 1.91. The maximum absolute atomic E-state index is 11.8. The summed E-state index contributed by atoms with van der Waals surface area (Å²) in [5.41, 5.74) is 1.78. The number of carbonyl (C=O) groups is 2. The fraction of sp³-hybridized carbons (Fsp3) is 0.333. The molecule has 0 saturated carbocycles.